The van der Waals surface area contributed by atoms with Crippen LogP contribution in [0.2, 0.25) is 0 Å². The molecule has 106 valence electrons. The number of aliphatic hydroxyl groups is 1. The van der Waals surface area contributed by atoms with E-state index in [0.717, 1.165) is 5.57 Å². The molecule has 4 nitrogen and oxygen atoms in total. The van der Waals surface area contributed by atoms with Gasteiger partial charge < -0.3 is 14.6 Å². The van der Waals surface area contributed by atoms with E-state index in [2.05, 4.69) is 0 Å². The average Bonchev–Trinajstić information content (AvgIpc) is 2.37. The molecule has 0 aliphatic heterocycles. The minimum Gasteiger partial charge on any atom is -0.507 e. The molecule has 0 radical (unpaired) electrons. The Kier molecular flexibility index (Phi) is 3.95. The third kappa shape index (κ3) is 2.60. The molecular weight excluding hydrogens is 256 g/mol. The topological polar surface area (TPSA) is 70.7 Å². The molecule has 0 saturated carbocycles. The van der Waals surface area contributed by atoms with Gasteiger partial charge in [-0.3, -0.25) is 0 Å². The Morgan fingerprint density at radius 3 is 2.70 bits per heavy atom. The normalized spacial score (nSPS) is 12.4. The van der Waals surface area contributed by atoms with E-state index in [9.17, 15) is 15.0 Å². The number of rotatable bonds is 3. The van der Waals surface area contributed by atoms with Crippen molar-refractivity contribution in [2.75, 3.05) is 0 Å². The lowest BCUT2D eigenvalue weighted by atomic mass is 10.0. The second-order valence-electron chi connectivity index (χ2n) is 5.10. The first-order chi connectivity index (χ1) is 9.41. The fraction of sp³-hybridized carbons (Fsp3) is 0.312. The van der Waals surface area contributed by atoms with Gasteiger partial charge in [0.15, 0.2) is 0 Å². The minimum atomic E-state index is -0.756. The number of allylic oxidation sites excluding steroid dienone is 2. The SMILES string of the molecule is CC(C)=CCc1c(O)c2c([C@H](C)O)cccc2oc1=O. The maximum Gasteiger partial charge on any atom is 0.343 e. The first-order valence-electron chi connectivity index (χ1n) is 6.50. The summed E-state index contributed by atoms with van der Waals surface area (Å²) in [5.74, 6) is -0.106. The van der Waals surface area contributed by atoms with Crippen molar-refractivity contribution in [3.8, 4) is 5.75 Å². The lowest BCUT2D eigenvalue weighted by Gasteiger charge is -2.11. The first-order valence-corrected chi connectivity index (χ1v) is 6.50. The van der Waals surface area contributed by atoms with Crippen molar-refractivity contribution in [3.05, 3.63) is 51.4 Å². The molecule has 0 fully saturated rings. The van der Waals surface area contributed by atoms with Crippen molar-refractivity contribution in [1.29, 1.82) is 0 Å². The Bertz CT molecular complexity index is 719. The van der Waals surface area contributed by atoms with Crippen LogP contribution in [0.4, 0.5) is 0 Å². The van der Waals surface area contributed by atoms with Crippen LogP contribution in [-0.2, 0) is 6.42 Å². The van der Waals surface area contributed by atoms with E-state index in [0.29, 0.717) is 17.4 Å². The molecule has 0 bridgehead atoms. The van der Waals surface area contributed by atoms with Crippen molar-refractivity contribution in [2.24, 2.45) is 0 Å². The average molecular weight is 274 g/mol. The standard InChI is InChI=1S/C16H18O4/c1-9(2)7-8-12-15(18)14-11(10(3)17)5-4-6-13(14)20-16(12)19/h4-7,10,17-18H,8H2,1-3H3/t10-/m0/s1. The van der Waals surface area contributed by atoms with Crippen molar-refractivity contribution < 1.29 is 14.6 Å². The highest BCUT2D eigenvalue weighted by Gasteiger charge is 2.17. The molecule has 0 amide bonds. The van der Waals surface area contributed by atoms with Crippen molar-refractivity contribution in [1.82, 2.24) is 0 Å². The fourth-order valence-electron chi connectivity index (χ4n) is 2.13. The summed E-state index contributed by atoms with van der Waals surface area (Å²) in [6.07, 6.45) is 1.40. The zero-order valence-electron chi connectivity index (χ0n) is 11.8. The molecule has 2 aromatic rings. The maximum absolute atomic E-state index is 11.9. The molecule has 1 heterocycles. The fourth-order valence-corrected chi connectivity index (χ4v) is 2.13. The number of hydrogen-bond donors (Lipinski definition) is 2. The van der Waals surface area contributed by atoms with E-state index in [1.54, 1.807) is 25.1 Å². The maximum atomic E-state index is 11.9. The van der Waals surface area contributed by atoms with Gasteiger partial charge in [0.25, 0.3) is 0 Å². The van der Waals surface area contributed by atoms with Gasteiger partial charge in [-0.05, 0) is 32.4 Å². The lowest BCUT2D eigenvalue weighted by molar-refractivity contribution is 0.200. The highest BCUT2D eigenvalue weighted by Crippen LogP contribution is 2.33. The smallest absolute Gasteiger partial charge is 0.343 e. The highest BCUT2D eigenvalue weighted by atomic mass is 16.4. The molecule has 2 N–H and O–H groups in total. The Morgan fingerprint density at radius 1 is 1.40 bits per heavy atom. The Morgan fingerprint density at radius 2 is 2.10 bits per heavy atom. The summed E-state index contributed by atoms with van der Waals surface area (Å²) in [6.45, 7) is 5.44. The van der Waals surface area contributed by atoms with Gasteiger partial charge in [0.2, 0.25) is 0 Å². The third-order valence-corrected chi connectivity index (χ3v) is 3.19. The second-order valence-corrected chi connectivity index (χ2v) is 5.10. The third-order valence-electron chi connectivity index (χ3n) is 3.19. The van der Waals surface area contributed by atoms with E-state index >= 15 is 0 Å². The molecule has 0 saturated heterocycles. The Hall–Kier alpha value is -2.07. The van der Waals surface area contributed by atoms with Crippen LogP contribution in [0.5, 0.6) is 5.75 Å². The minimum absolute atomic E-state index is 0.106. The van der Waals surface area contributed by atoms with Crippen LogP contribution >= 0.6 is 0 Å². The van der Waals surface area contributed by atoms with Gasteiger partial charge in [-0.25, -0.2) is 4.79 Å². The Balaban J connectivity index is 2.75. The van der Waals surface area contributed by atoms with Gasteiger partial charge in [-0.1, -0.05) is 23.8 Å². The van der Waals surface area contributed by atoms with Gasteiger partial charge in [0, 0.05) is 6.42 Å². The zero-order valence-corrected chi connectivity index (χ0v) is 11.8. The van der Waals surface area contributed by atoms with Crippen LogP contribution in [0, 0.1) is 0 Å². The summed E-state index contributed by atoms with van der Waals surface area (Å²) >= 11 is 0. The molecule has 1 aromatic heterocycles. The molecule has 0 aliphatic rings. The van der Waals surface area contributed by atoms with Crippen LogP contribution in [0.25, 0.3) is 11.0 Å². The number of aromatic hydroxyl groups is 1. The van der Waals surface area contributed by atoms with E-state index < -0.39 is 11.7 Å². The van der Waals surface area contributed by atoms with Crippen molar-refractivity contribution >= 4 is 11.0 Å². The van der Waals surface area contributed by atoms with Gasteiger partial charge in [0.1, 0.15) is 11.3 Å². The van der Waals surface area contributed by atoms with Gasteiger partial charge in [-0.15, -0.1) is 0 Å². The zero-order chi connectivity index (χ0) is 14.9. The molecular formula is C16H18O4. The number of benzene rings is 1. The number of aliphatic hydroxyl groups excluding tert-OH is 1. The molecule has 20 heavy (non-hydrogen) atoms. The van der Waals surface area contributed by atoms with Crippen molar-refractivity contribution in [2.45, 2.75) is 33.3 Å². The number of hydrogen-bond acceptors (Lipinski definition) is 4. The molecule has 0 aliphatic carbocycles. The molecule has 2 rings (SSSR count). The van der Waals surface area contributed by atoms with Crippen LogP contribution in [0.15, 0.2) is 39.1 Å². The summed E-state index contributed by atoms with van der Waals surface area (Å²) in [4.78, 5) is 11.9. The van der Waals surface area contributed by atoms with Crippen molar-refractivity contribution in [3.63, 3.8) is 0 Å². The largest absolute Gasteiger partial charge is 0.507 e. The lowest BCUT2D eigenvalue weighted by Crippen LogP contribution is -2.08. The van der Waals surface area contributed by atoms with E-state index in [1.165, 1.54) is 0 Å². The highest BCUT2D eigenvalue weighted by molar-refractivity contribution is 5.87. The molecule has 0 spiro atoms. The van der Waals surface area contributed by atoms with E-state index in [-0.39, 0.29) is 16.9 Å². The molecule has 1 aromatic carbocycles. The number of fused-ring (bicyclic) bond motifs is 1. The second kappa shape index (κ2) is 5.51. The van der Waals surface area contributed by atoms with Crippen LogP contribution < -0.4 is 5.63 Å². The summed E-state index contributed by atoms with van der Waals surface area (Å²) in [6, 6.07) is 4.99. The quantitative estimate of drug-likeness (QED) is 0.666. The summed E-state index contributed by atoms with van der Waals surface area (Å²) in [5.41, 5.74) is 1.55. The van der Waals surface area contributed by atoms with Gasteiger partial charge in [0.05, 0.1) is 17.1 Å². The molecule has 4 heteroatoms. The molecule has 1 atom stereocenters. The molecule has 0 unspecified atom stereocenters. The van der Waals surface area contributed by atoms with Gasteiger partial charge >= 0.3 is 5.63 Å². The summed E-state index contributed by atoms with van der Waals surface area (Å²) < 4.78 is 5.24. The summed E-state index contributed by atoms with van der Waals surface area (Å²) in [5, 5.41) is 20.6. The first kappa shape index (κ1) is 14.3. The van der Waals surface area contributed by atoms with E-state index in [1.807, 2.05) is 19.9 Å². The Labute approximate surface area is 117 Å². The van der Waals surface area contributed by atoms with Crippen LogP contribution in [0.3, 0.4) is 0 Å². The monoisotopic (exact) mass is 274 g/mol. The predicted molar refractivity (Wildman–Crippen MR) is 77.9 cm³/mol. The van der Waals surface area contributed by atoms with Crippen LogP contribution in [0.1, 0.15) is 38.0 Å². The van der Waals surface area contributed by atoms with E-state index in [4.69, 9.17) is 4.42 Å². The summed E-state index contributed by atoms with van der Waals surface area (Å²) in [7, 11) is 0. The van der Waals surface area contributed by atoms with Gasteiger partial charge in [-0.2, -0.15) is 0 Å². The van der Waals surface area contributed by atoms with Crippen LogP contribution in [-0.4, -0.2) is 10.2 Å². The predicted octanol–water partition coefficient (Wildman–Crippen LogP) is 3.06.